The summed E-state index contributed by atoms with van der Waals surface area (Å²) in [6.45, 7) is 9.46. The first-order valence-corrected chi connectivity index (χ1v) is 9.58. The number of nitrogens with zero attached hydrogens (tertiary/aromatic N) is 2. The summed E-state index contributed by atoms with van der Waals surface area (Å²) < 4.78 is 10.8. The lowest BCUT2D eigenvalue weighted by molar-refractivity contribution is 0.0562. The molecule has 0 aliphatic carbocycles. The fourth-order valence-electron chi connectivity index (χ4n) is 4.68. The second-order valence-electron chi connectivity index (χ2n) is 7.88. The van der Waals surface area contributed by atoms with Crippen molar-refractivity contribution in [1.29, 1.82) is 0 Å². The van der Waals surface area contributed by atoms with Gasteiger partial charge in [0.05, 0.1) is 29.7 Å². The molecule has 0 spiro atoms. The fourth-order valence-corrected chi connectivity index (χ4v) is 4.68. The Labute approximate surface area is 159 Å². The van der Waals surface area contributed by atoms with E-state index in [1.807, 2.05) is 37.5 Å². The minimum absolute atomic E-state index is 0.0104. The summed E-state index contributed by atoms with van der Waals surface area (Å²) in [5.41, 5.74) is 3.06. The summed E-state index contributed by atoms with van der Waals surface area (Å²) in [6.07, 6.45) is 5.28. The molecule has 2 aromatic rings. The average molecular weight is 370 g/mol. The van der Waals surface area contributed by atoms with E-state index in [2.05, 4.69) is 0 Å². The molecular formula is C21H26N2O4. The van der Waals surface area contributed by atoms with Gasteiger partial charge in [-0.25, -0.2) is 0 Å². The van der Waals surface area contributed by atoms with Crippen molar-refractivity contribution in [3.63, 3.8) is 0 Å². The molecule has 4 heterocycles. The van der Waals surface area contributed by atoms with Gasteiger partial charge in [-0.1, -0.05) is 0 Å². The Hall–Kier alpha value is -2.50. The van der Waals surface area contributed by atoms with Crippen LogP contribution in [0, 0.1) is 33.6 Å². The van der Waals surface area contributed by atoms with Crippen LogP contribution in [0.1, 0.15) is 56.2 Å². The Morgan fingerprint density at radius 2 is 1.52 bits per heavy atom. The highest BCUT2D eigenvalue weighted by molar-refractivity contribution is 5.98. The number of hydrogen-bond donors (Lipinski definition) is 0. The third-order valence-corrected chi connectivity index (χ3v) is 6.07. The van der Waals surface area contributed by atoms with Gasteiger partial charge < -0.3 is 18.6 Å². The highest BCUT2D eigenvalue weighted by Gasteiger charge is 2.44. The van der Waals surface area contributed by atoms with E-state index < -0.39 is 0 Å². The molecule has 4 rings (SSSR count). The van der Waals surface area contributed by atoms with Gasteiger partial charge in [-0.3, -0.25) is 9.59 Å². The summed E-state index contributed by atoms with van der Waals surface area (Å²) in [6, 6.07) is 0.0661. The van der Waals surface area contributed by atoms with Crippen LogP contribution in [-0.2, 0) is 0 Å². The Morgan fingerprint density at radius 3 is 2.07 bits per heavy atom. The van der Waals surface area contributed by atoms with Gasteiger partial charge in [0.15, 0.2) is 0 Å². The first-order valence-electron chi connectivity index (χ1n) is 9.58. The Balaban J connectivity index is 1.57. The van der Waals surface area contributed by atoms with Crippen molar-refractivity contribution in [3.05, 3.63) is 46.3 Å². The van der Waals surface area contributed by atoms with E-state index in [-0.39, 0.29) is 17.9 Å². The van der Waals surface area contributed by atoms with Crippen LogP contribution < -0.4 is 0 Å². The molecule has 2 saturated heterocycles. The number of carbonyl (C=O) groups excluding carboxylic acids is 2. The summed E-state index contributed by atoms with van der Waals surface area (Å²) >= 11 is 0. The molecule has 0 aromatic carbocycles. The third-order valence-electron chi connectivity index (χ3n) is 6.07. The SMILES string of the molecule is Cc1coc(C)c1C(=O)N1C[C@@H]2CCCN(C(=O)c3c(C)coc3C)[C@@H]2C1. The van der Waals surface area contributed by atoms with Crippen LogP contribution in [0.5, 0.6) is 0 Å². The minimum atomic E-state index is 0.0104. The van der Waals surface area contributed by atoms with Gasteiger partial charge in [0, 0.05) is 30.8 Å². The molecule has 144 valence electrons. The largest absolute Gasteiger partial charge is 0.469 e. The van der Waals surface area contributed by atoms with Gasteiger partial charge in [0.1, 0.15) is 11.5 Å². The van der Waals surface area contributed by atoms with E-state index >= 15 is 0 Å². The van der Waals surface area contributed by atoms with Crippen LogP contribution in [0.3, 0.4) is 0 Å². The van der Waals surface area contributed by atoms with Crippen LogP contribution in [0.15, 0.2) is 21.4 Å². The summed E-state index contributed by atoms with van der Waals surface area (Å²) in [5.74, 6) is 1.68. The number of rotatable bonds is 2. The molecule has 2 aliphatic heterocycles. The van der Waals surface area contributed by atoms with Crippen LogP contribution >= 0.6 is 0 Å². The predicted octanol–water partition coefficient (Wildman–Crippen LogP) is 3.48. The molecule has 2 aromatic heterocycles. The van der Waals surface area contributed by atoms with Crippen LogP contribution in [-0.4, -0.2) is 47.3 Å². The van der Waals surface area contributed by atoms with Gasteiger partial charge in [0.25, 0.3) is 11.8 Å². The van der Waals surface area contributed by atoms with Gasteiger partial charge in [-0.05, 0) is 46.5 Å². The molecule has 2 aliphatic rings. The second-order valence-corrected chi connectivity index (χ2v) is 7.88. The molecular weight excluding hydrogens is 344 g/mol. The van der Waals surface area contributed by atoms with E-state index in [4.69, 9.17) is 8.83 Å². The van der Waals surface area contributed by atoms with Gasteiger partial charge in [-0.15, -0.1) is 0 Å². The molecule has 0 bridgehead atoms. The van der Waals surface area contributed by atoms with Crippen molar-refractivity contribution in [2.45, 2.75) is 46.6 Å². The maximum absolute atomic E-state index is 13.2. The lowest BCUT2D eigenvalue weighted by atomic mass is 9.91. The van der Waals surface area contributed by atoms with E-state index in [1.54, 1.807) is 12.5 Å². The zero-order valence-electron chi connectivity index (χ0n) is 16.4. The van der Waals surface area contributed by atoms with Crippen molar-refractivity contribution in [1.82, 2.24) is 9.80 Å². The van der Waals surface area contributed by atoms with Crippen molar-refractivity contribution in [3.8, 4) is 0 Å². The third kappa shape index (κ3) is 2.87. The number of fused-ring (bicyclic) bond motifs is 1. The lowest BCUT2D eigenvalue weighted by Gasteiger charge is -2.36. The fraction of sp³-hybridized carbons (Fsp3) is 0.524. The molecule has 2 amide bonds. The number of piperidine rings is 1. The number of furan rings is 2. The number of amides is 2. The normalized spacial score (nSPS) is 22.2. The van der Waals surface area contributed by atoms with Gasteiger partial charge in [-0.2, -0.15) is 0 Å². The van der Waals surface area contributed by atoms with Crippen molar-refractivity contribution in [2.75, 3.05) is 19.6 Å². The van der Waals surface area contributed by atoms with Crippen molar-refractivity contribution < 1.29 is 18.4 Å². The smallest absolute Gasteiger partial charge is 0.257 e. The van der Waals surface area contributed by atoms with E-state index in [0.29, 0.717) is 41.7 Å². The number of aryl methyl sites for hydroxylation is 4. The molecule has 2 atom stereocenters. The zero-order valence-corrected chi connectivity index (χ0v) is 16.4. The van der Waals surface area contributed by atoms with Crippen LogP contribution in [0.25, 0.3) is 0 Å². The molecule has 0 N–H and O–H groups in total. The molecule has 0 unspecified atom stereocenters. The van der Waals surface area contributed by atoms with Gasteiger partial charge >= 0.3 is 0 Å². The average Bonchev–Trinajstić information content (AvgIpc) is 3.31. The van der Waals surface area contributed by atoms with Crippen molar-refractivity contribution >= 4 is 11.8 Å². The standard InChI is InChI=1S/C21H26N2O4/c1-12-10-26-14(3)18(12)20(24)22-8-16-6-5-7-23(17(16)9-22)21(25)19-13(2)11-27-15(19)4/h10-11,16-17H,5-9H2,1-4H3/t16-,17+/m0/s1. The second kappa shape index (κ2) is 6.59. The van der Waals surface area contributed by atoms with E-state index in [0.717, 1.165) is 30.5 Å². The molecule has 27 heavy (non-hydrogen) atoms. The first kappa shape index (κ1) is 17.9. The maximum atomic E-state index is 13.2. The van der Waals surface area contributed by atoms with E-state index in [1.165, 1.54) is 0 Å². The summed E-state index contributed by atoms with van der Waals surface area (Å²) in [7, 11) is 0. The minimum Gasteiger partial charge on any atom is -0.469 e. The molecule has 6 nitrogen and oxygen atoms in total. The van der Waals surface area contributed by atoms with Crippen molar-refractivity contribution in [2.24, 2.45) is 5.92 Å². The number of likely N-dealkylation sites (tertiary alicyclic amines) is 2. The Bertz CT molecular complexity index is 855. The quantitative estimate of drug-likeness (QED) is 0.812. The maximum Gasteiger partial charge on any atom is 0.257 e. The topological polar surface area (TPSA) is 66.9 Å². The predicted molar refractivity (Wildman–Crippen MR) is 99.8 cm³/mol. The molecule has 6 heteroatoms. The summed E-state index contributed by atoms with van der Waals surface area (Å²) in [5, 5.41) is 0. The highest BCUT2D eigenvalue weighted by atomic mass is 16.3. The summed E-state index contributed by atoms with van der Waals surface area (Å²) in [4.78, 5) is 30.1. The van der Waals surface area contributed by atoms with E-state index in [9.17, 15) is 9.59 Å². The molecule has 0 saturated carbocycles. The van der Waals surface area contributed by atoms with Gasteiger partial charge in [0.2, 0.25) is 0 Å². The molecule has 2 fully saturated rings. The Morgan fingerprint density at radius 1 is 0.926 bits per heavy atom. The first-order chi connectivity index (χ1) is 12.9. The van der Waals surface area contributed by atoms with Crippen LogP contribution in [0.4, 0.5) is 0 Å². The monoisotopic (exact) mass is 370 g/mol. The van der Waals surface area contributed by atoms with Crippen LogP contribution in [0.2, 0.25) is 0 Å². The molecule has 0 radical (unpaired) electrons. The highest BCUT2D eigenvalue weighted by Crippen LogP contribution is 2.34. The number of carbonyl (C=O) groups is 2. The zero-order chi connectivity index (χ0) is 19.3. The number of hydrogen-bond acceptors (Lipinski definition) is 4. The lowest BCUT2D eigenvalue weighted by Crippen LogP contribution is -2.48. The Kier molecular flexibility index (Phi) is 4.36.